The highest BCUT2D eigenvalue weighted by Crippen LogP contribution is 2.27. The van der Waals surface area contributed by atoms with Crippen LogP contribution in [0.1, 0.15) is 19.4 Å². The van der Waals surface area contributed by atoms with E-state index in [0.29, 0.717) is 13.2 Å². The van der Waals surface area contributed by atoms with Crippen LogP contribution in [0, 0.1) is 10.1 Å². The van der Waals surface area contributed by atoms with E-state index >= 15 is 0 Å². The summed E-state index contributed by atoms with van der Waals surface area (Å²) < 4.78 is 10.7. The van der Waals surface area contributed by atoms with Gasteiger partial charge in [-0.2, -0.15) is 0 Å². The largest absolute Gasteiger partial charge is 0.484 e. The topological polar surface area (TPSA) is 87.6 Å². The van der Waals surface area contributed by atoms with Crippen molar-refractivity contribution in [2.75, 3.05) is 13.2 Å². The fraction of sp³-hybridized carbons (Fsp3) is 0.500. The Kier molecular flexibility index (Phi) is 5.54. The molecular weight excluding hydrogens is 236 g/mol. The molecule has 0 saturated heterocycles. The van der Waals surface area contributed by atoms with Crippen LogP contribution in [0.4, 0.5) is 5.69 Å². The second-order valence-corrected chi connectivity index (χ2v) is 4.03. The van der Waals surface area contributed by atoms with Crippen molar-refractivity contribution in [1.82, 2.24) is 0 Å². The summed E-state index contributed by atoms with van der Waals surface area (Å²) in [5.74, 6) is 0.232. The molecule has 0 unspecified atom stereocenters. The number of benzene rings is 1. The van der Waals surface area contributed by atoms with Crippen molar-refractivity contribution < 1.29 is 14.4 Å². The minimum atomic E-state index is -0.473. The van der Waals surface area contributed by atoms with Crippen LogP contribution in [0.25, 0.3) is 0 Å². The maximum atomic E-state index is 10.8. The highest BCUT2D eigenvalue weighted by atomic mass is 16.6. The molecule has 0 amide bonds. The van der Waals surface area contributed by atoms with Crippen LogP contribution < -0.4 is 10.5 Å². The number of nitro groups is 1. The summed E-state index contributed by atoms with van der Waals surface area (Å²) >= 11 is 0. The summed E-state index contributed by atoms with van der Waals surface area (Å²) in [6.07, 6.45) is 0.110. The first-order chi connectivity index (χ1) is 8.54. The number of hydrogen-bond donors (Lipinski definition) is 1. The highest BCUT2D eigenvalue weighted by Gasteiger charge is 2.15. The highest BCUT2D eigenvalue weighted by molar-refractivity contribution is 5.48. The Bertz CT molecular complexity index is 407. The van der Waals surface area contributed by atoms with Crippen LogP contribution in [-0.4, -0.2) is 24.2 Å². The van der Waals surface area contributed by atoms with Gasteiger partial charge in [0.1, 0.15) is 6.61 Å². The number of nitrogens with two attached hydrogens (primary N) is 1. The molecule has 0 aliphatic heterocycles. The summed E-state index contributed by atoms with van der Waals surface area (Å²) in [5, 5.41) is 10.8. The van der Waals surface area contributed by atoms with E-state index in [-0.39, 0.29) is 24.1 Å². The second kappa shape index (κ2) is 6.93. The van der Waals surface area contributed by atoms with E-state index in [1.165, 1.54) is 6.07 Å². The van der Waals surface area contributed by atoms with E-state index in [2.05, 4.69) is 0 Å². The average molecular weight is 254 g/mol. The number of nitro benzene ring substituents is 1. The smallest absolute Gasteiger partial charge is 0.310 e. The maximum Gasteiger partial charge on any atom is 0.310 e. The normalized spacial score (nSPS) is 10.7. The van der Waals surface area contributed by atoms with Gasteiger partial charge in [0, 0.05) is 12.6 Å². The Balaban J connectivity index is 2.69. The minimum absolute atomic E-state index is 0.0586. The van der Waals surface area contributed by atoms with Gasteiger partial charge in [-0.1, -0.05) is 6.07 Å². The first-order valence-corrected chi connectivity index (χ1v) is 5.76. The zero-order valence-electron chi connectivity index (χ0n) is 10.6. The first-order valence-electron chi connectivity index (χ1n) is 5.76. The Morgan fingerprint density at radius 3 is 2.67 bits per heavy atom. The minimum Gasteiger partial charge on any atom is -0.484 e. The molecule has 0 atom stereocenters. The van der Waals surface area contributed by atoms with Gasteiger partial charge < -0.3 is 15.2 Å². The molecule has 6 nitrogen and oxygen atoms in total. The summed E-state index contributed by atoms with van der Waals surface area (Å²) in [4.78, 5) is 10.4. The Labute approximate surface area is 106 Å². The Hall–Kier alpha value is -1.66. The van der Waals surface area contributed by atoms with Crippen LogP contribution in [0.15, 0.2) is 18.2 Å². The van der Waals surface area contributed by atoms with E-state index in [1.54, 1.807) is 12.1 Å². The van der Waals surface area contributed by atoms with Crippen molar-refractivity contribution in [3.05, 3.63) is 33.9 Å². The van der Waals surface area contributed by atoms with Gasteiger partial charge in [-0.25, -0.2) is 0 Å². The molecule has 0 spiro atoms. The van der Waals surface area contributed by atoms with Crippen molar-refractivity contribution in [3.63, 3.8) is 0 Å². The average Bonchev–Trinajstić information content (AvgIpc) is 2.33. The van der Waals surface area contributed by atoms with E-state index in [1.807, 2.05) is 13.8 Å². The molecule has 0 aliphatic rings. The zero-order chi connectivity index (χ0) is 13.5. The third-order valence-corrected chi connectivity index (χ3v) is 2.25. The molecule has 18 heavy (non-hydrogen) atoms. The molecule has 0 heterocycles. The summed E-state index contributed by atoms with van der Waals surface area (Å²) in [7, 11) is 0. The van der Waals surface area contributed by atoms with Crippen molar-refractivity contribution in [3.8, 4) is 5.75 Å². The van der Waals surface area contributed by atoms with Crippen molar-refractivity contribution in [2.45, 2.75) is 26.5 Å². The number of rotatable bonds is 7. The third-order valence-electron chi connectivity index (χ3n) is 2.25. The molecule has 0 aromatic heterocycles. The molecule has 100 valence electrons. The summed E-state index contributed by atoms with van der Waals surface area (Å²) in [5.41, 5.74) is 6.22. The number of nitrogens with zero attached hydrogens (tertiary/aromatic N) is 1. The number of hydrogen-bond acceptors (Lipinski definition) is 5. The van der Waals surface area contributed by atoms with Crippen LogP contribution in [0.2, 0.25) is 0 Å². The SMILES string of the molecule is CC(C)OCCOc1cc(CN)ccc1[N+](=O)[O-]. The van der Waals surface area contributed by atoms with Crippen LogP contribution in [0.5, 0.6) is 5.75 Å². The molecule has 1 rings (SSSR count). The van der Waals surface area contributed by atoms with Gasteiger partial charge in [0.15, 0.2) is 5.75 Å². The standard InChI is InChI=1S/C12H18N2O4/c1-9(2)17-5-6-18-12-7-10(8-13)3-4-11(12)14(15)16/h3-4,7,9H,5-6,8,13H2,1-2H3. The third kappa shape index (κ3) is 4.31. The van der Waals surface area contributed by atoms with Crippen LogP contribution in [0.3, 0.4) is 0 Å². The molecular formula is C12H18N2O4. The van der Waals surface area contributed by atoms with Gasteiger partial charge >= 0.3 is 5.69 Å². The molecule has 0 bridgehead atoms. The van der Waals surface area contributed by atoms with Crippen molar-refractivity contribution in [1.29, 1.82) is 0 Å². The predicted octanol–water partition coefficient (Wildman–Crippen LogP) is 1.86. The van der Waals surface area contributed by atoms with Crippen molar-refractivity contribution in [2.24, 2.45) is 5.73 Å². The lowest BCUT2D eigenvalue weighted by Gasteiger charge is -2.10. The molecule has 6 heteroatoms. The molecule has 1 aromatic rings. The van der Waals surface area contributed by atoms with E-state index in [0.717, 1.165) is 5.56 Å². The van der Waals surface area contributed by atoms with E-state index in [9.17, 15) is 10.1 Å². The fourth-order valence-corrected chi connectivity index (χ4v) is 1.39. The Morgan fingerprint density at radius 2 is 2.11 bits per heavy atom. The molecule has 0 radical (unpaired) electrons. The predicted molar refractivity (Wildman–Crippen MR) is 67.6 cm³/mol. The van der Waals surface area contributed by atoms with E-state index in [4.69, 9.17) is 15.2 Å². The quantitative estimate of drug-likeness (QED) is 0.456. The summed E-state index contributed by atoms with van der Waals surface area (Å²) in [6.45, 7) is 4.81. The van der Waals surface area contributed by atoms with Gasteiger partial charge in [-0.05, 0) is 25.5 Å². The molecule has 1 aromatic carbocycles. The lowest BCUT2D eigenvalue weighted by molar-refractivity contribution is -0.385. The first kappa shape index (κ1) is 14.4. The van der Waals surface area contributed by atoms with Gasteiger partial charge in [-0.3, -0.25) is 10.1 Å². The molecule has 2 N–H and O–H groups in total. The van der Waals surface area contributed by atoms with E-state index < -0.39 is 4.92 Å². The van der Waals surface area contributed by atoms with Gasteiger partial charge in [0.25, 0.3) is 0 Å². The maximum absolute atomic E-state index is 10.8. The Morgan fingerprint density at radius 1 is 1.39 bits per heavy atom. The van der Waals surface area contributed by atoms with Gasteiger partial charge in [-0.15, -0.1) is 0 Å². The van der Waals surface area contributed by atoms with Crippen LogP contribution >= 0.6 is 0 Å². The van der Waals surface area contributed by atoms with Crippen LogP contribution in [-0.2, 0) is 11.3 Å². The number of ether oxygens (including phenoxy) is 2. The van der Waals surface area contributed by atoms with Gasteiger partial charge in [0.2, 0.25) is 0 Å². The molecule has 0 aliphatic carbocycles. The second-order valence-electron chi connectivity index (χ2n) is 4.03. The lowest BCUT2D eigenvalue weighted by Crippen LogP contribution is -2.12. The molecule has 0 fully saturated rings. The molecule has 0 saturated carbocycles. The lowest BCUT2D eigenvalue weighted by atomic mass is 10.2. The van der Waals surface area contributed by atoms with Crippen molar-refractivity contribution >= 4 is 5.69 Å². The van der Waals surface area contributed by atoms with Gasteiger partial charge in [0.05, 0.1) is 17.6 Å². The zero-order valence-corrected chi connectivity index (χ0v) is 10.6. The summed E-state index contributed by atoms with van der Waals surface area (Å²) in [6, 6.07) is 4.62. The monoisotopic (exact) mass is 254 g/mol. The fourth-order valence-electron chi connectivity index (χ4n) is 1.39.